The lowest BCUT2D eigenvalue weighted by molar-refractivity contribution is -0.113. The third-order valence-corrected chi connectivity index (χ3v) is 2.37. The van der Waals surface area contributed by atoms with E-state index in [-0.39, 0.29) is 5.24 Å². The van der Waals surface area contributed by atoms with Crippen LogP contribution >= 0.6 is 11.6 Å². The van der Waals surface area contributed by atoms with Crippen molar-refractivity contribution in [3.63, 3.8) is 0 Å². The molecule has 0 spiro atoms. The zero-order chi connectivity index (χ0) is 6.85. The molecular formula is C7H11ClO. The summed E-state index contributed by atoms with van der Waals surface area (Å²) in [7, 11) is 0. The monoisotopic (exact) mass is 146 g/mol. The van der Waals surface area contributed by atoms with Crippen LogP contribution in [0.5, 0.6) is 0 Å². The highest BCUT2D eigenvalue weighted by Gasteiger charge is 2.27. The minimum Gasteiger partial charge on any atom is -0.281 e. The lowest BCUT2D eigenvalue weighted by atomic mass is 9.73. The minimum absolute atomic E-state index is 0.174. The third kappa shape index (κ3) is 1.68. The van der Waals surface area contributed by atoms with E-state index in [2.05, 4.69) is 6.92 Å². The fourth-order valence-electron chi connectivity index (χ4n) is 1.25. The number of halogens is 1. The Balaban J connectivity index is 2.21. The molecule has 2 unspecified atom stereocenters. The summed E-state index contributed by atoms with van der Waals surface area (Å²) in [5.41, 5.74) is 0. The lowest BCUT2D eigenvalue weighted by Gasteiger charge is -2.32. The molecule has 2 atom stereocenters. The van der Waals surface area contributed by atoms with Gasteiger partial charge < -0.3 is 0 Å². The Hall–Kier alpha value is -0.0400. The first kappa shape index (κ1) is 7.07. The Morgan fingerprint density at radius 3 is 2.44 bits per heavy atom. The normalized spacial score (nSPS) is 33.6. The quantitative estimate of drug-likeness (QED) is 0.546. The predicted molar refractivity (Wildman–Crippen MR) is 37.4 cm³/mol. The molecule has 0 radical (unpaired) electrons. The van der Waals surface area contributed by atoms with Gasteiger partial charge in [0.15, 0.2) is 0 Å². The van der Waals surface area contributed by atoms with Crippen LogP contribution in [0.3, 0.4) is 0 Å². The molecule has 0 heterocycles. The van der Waals surface area contributed by atoms with Crippen molar-refractivity contribution in [2.75, 3.05) is 0 Å². The van der Waals surface area contributed by atoms with Crippen LogP contribution in [-0.2, 0) is 4.79 Å². The van der Waals surface area contributed by atoms with Gasteiger partial charge in [0.25, 0.3) is 0 Å². The average Bonchev–Trinajstić information content (AvgIpc) is 1.79. The minimum atomic E-state index is -0.174. The Morgan fingerprint density at radius 1 is 1.67 bits per heavy atom. The smallest absolute Gasteiger partial charge is 0.221 e. The van der Waals surface area contributed by atoms with E-state index in [0.29, 0.717) is 12.3 Å². The van der Waals surface area contributed by atoms with Gasteiger partial charge >= 0.3 is 0 Å². The van der Waals surface area contributed by atoms with Gasteiger partial charge in [-0.2, -0.15) is 0 Å². The number of carbonyl (C=O) groups is 1. The highest BCUT2D eigenvalue weighted by atomic mass is 35.5. The largest absolute Gasteiger partial charge is 0.281 e. The van der Waals surface area contributed by atoms with Crippen LogP contribution in [-0.4, -0.2) is 5.24 Å². The molecule has 2 heteroatoms. The zero-order valence-corrected chi connectivity index (χ0v) is 6.32. The van der Waals surface area contributed by atoms with Crippen molar-refractivity contribution < 1.29 is 4.79 Å². The van der Waals surface area contributed by atoms with E-state index >= 15 is 0 Å². The number of carbonyl (C=O) groups excluding carboxylic acids is 1. The Labute approximate surface area is 60.4 Å². The second kappa shape index (κ2) is 2.70. The summed E-state index contributed by atoms with van der Waals surface area (Å²) < 4.78 is 0. The molecule has 0 aromatic carbocycles. The molecule has 1 rings (SSSR count). The van der Waals surface area contributed by atoms with Gasteiger partial charge in [0.2, 0.25) is 5.24 Å². The molecule has 9 heavy (non-hydrogen) atoms. The predicted octanol–water partition coefficient (Wildman–Crippen LogP) is 2.19. The molecule has 1 saturated carbocycles. The van der Waals surface area contributed by atoms with Crippen molar-refractivity contribution in [3.8, 4) is 0 Å². The lowest BCUT2D eigenvalue weighted by Crippen LogP contribution is -2.24. The first-order valence-corrected chi connectivity index (χ1v) is 3.76. The summed E-state index contributed by atoms with van der Waals surface area (Å²) in [5, 5.41) is -0.174. The average molecular weight is 147 g/mol. The van der Waals surface area contributed by atoms with Crippen LogP contribution in [0.2, 0.25) is 0 Å². The van der Waals surface area contributed by atoms with Gasteiger partial charge in [0, 0.05) is 6.42 Å². The van der Waals surface area contributed by atoms with Crippen LogP contribution < -0.4 is 0 Å². The molecule has 0 saturated heterocycles. The van der Waals surface area contributed by atoms with Crippen LogP contribution in [0, 0.1) is 11.8 Å². The van der Waals surface area contributed by atoms with Crippen LogP contribution in [0.25, 0.3) is 0 Å². The SMILES string of the molecule is CC1CCC1CC(=O)Cl. The molecule has 0 amide bonds. The third-order valence-electron chi connectivity index (χ3n) is 2.22. The molecule has 1 fully saturated rings. The molecular weight excluding hydrogens is 136 g/mol. The van der Waals surface area contributed by atoms with Crippen molar-refractivity contribution in [1.29, 1.82) is 0 Å². The second-order valence-electron chi connectivity index (χ2n) is 2.87. The van der Waals surface area contributed by atoms with Crippen molar-refractivity contribution in [2.45, 2.75) is 26.2 Å². The fraction of sp³-hybridized carbons (Fsp3) is 0.857. The zero-order valence-electron chi connectivity index (χ0n) is 5.56. The van der Waals surface area contributed by atoms with E-state index in [1.165, 1.54) is 12.8 Å². The first-order chi connectivity index (χ1) is 4.20. The molecule has 0 bridgehead atoms. The Morgan fingerprint density at radius 2 is 2.33 bits per heavy atom. The van der Waals surface area contributed by atoms with E-state index in [4.69, 9.17) is 11.6 Å². The van der Waals surface area contributed by atoms with Gasteiger partial charge in [-0.25, -0.2) is 0 Å². The molecule has 0 aromatic rings. The molecule has 0 aliphatic heterocycles. The van der Waals surface area contributed by atoms with E-state index < -0.39 is 0 Å². The maximum absolute atomic E-state index is 10.4. The first-order valence-electron chi connectivity index (χ1n) is 3.38. The van der Waals surface area contributed by atoms with Gasteiger partial charge in [0.05, 0.1) is 0 Å². The van der Waals surface area contributed by atoms with Gasteiger partial charge in [-0.3, -0.25) is 4.79 Å². The fourth-order valence-corrected chi connectivity index (χ4v) is 1.44. The summed E-state index contributed by atoms with van der Waals surface area (Å²) >= 11 is 5.21. The van der Waals surface area contributed by atoms with Crippen molar-refractivity contribution in [3.05, 3.63) is 0 Å². The van der Waals surface area contributed by atoms with Gasteiger partial charge in [0.1, 0.15) is 0 Å². The van der Waals surface area contributed by atoms with Crippen molar-refractivity contribution in [2.24, 2.45) is 11.8 Å². The highest BCUT2D eigenvalue weighted by Crippen LogP contribution is 2.36. The van der Waals surface area contributed by atoms with Crippen LogP contribution in [0.1, 0.15) is 26.2 Å². The summed E-state index contributed by atoms with van der Waals surface area (Å²) in [5.74, 6) is 1.32. The molecule has 1 aliphatic rings. The van der Waals surface area contributed by atoms with Gasteiger partial charge in [-0.05, 0) is 29.9 Å². The summed E-state index contributed by atoms with van der Waals surface area (Å²) in [6.45, 7) is 2.17. The van der Waals surface area contributed by atoms with Crippen LogP contribution in [0.15, 0.2) is 0 Å². The van der Waals surface area contributed by atoms with Gasteiger partial charge in [-0.15, -0.1) is 0 Å². The molecule has 52 valence electrons. The van der Waals surface area contributed by atoms with Crippen molar-refractivity contribution in [1.82, 2.24) is 0 Å². The Kier molecular flexibility index (Phi) is 2.12. The summed E-state index contributed by atoms with van der Waals surface area (Å²) in [6, 6.07) is 0. The molecule has 0 aromatic heterocycles. The second-order valence-corrected chi connectivity index (χ2v) is 3.30. The highest BCUT2D eigenvalue weighted by molar-refractivity contribution is 6.63. The van der Waals surface area contributed by atoms with E-state index in [1.54, 1.807) is 0 Å². The number of hydrogen-bond acceptors (Lipinski definition) is 1. The van der Waals surface area contributed by atoms with Crippen molar-refractivity contribution >= 4 is 16.8 Å². The standard InChI is InChI=1S/C7H11ClO/c1-5-2-3-6(5)4-7(8)9/h5-6H,2-4H2,1H3. The number of hydrogen-bond donors (Lipinski definition) is 0. The summed E-state index contributed by atoms with van der Waals surface area (Å²) in [6.07, 6.45) is 3.05. The summed E-state index contributed by atoms with van der Waals surface area (Å²) in [4.78, 5) is 10.4. The molecule has 1 nitrogen and oxygen atoms in total. The topological polar surface area (TPSA) is 17.1 Å². The molecule has 0 N–H and O–H groups in total. The maximum atomic E-state index is 10.4. The number of rotatable bonds is 2. The van der Waals surface area contributed by atoms with E-state index in [1.807, 2.05) is 0 Å². The van der Waals surface area contributed by atoms with Gasteiger partial charge in [-0.1, -0.05) is 13.3 Å². The van der Waals surface area contributed by atoms with Crippen LogP contribution in [0.4, 0.5) is 0 Å². The molecule has 1 aliphatic carbocycles. The van der Waals surface area contributed by atoms with E-state index in [0.717, 1.165) is 5.92 Å². The maximum Gasteiger partial charge on any atom is 0.221 e. The Bertz CT molecular complexity index is 122. The van der Waals surface area contributed by atoms with E-state index in [9.17, 15) is 4.79 Å².